The average Bonchev–Trinajstić information content (AvgIpc) is 3.16. The molecule has 1 heterocycles. The molecule has 0 unspecified atom stereocenters. The van der Waals surface area contributed by atoms with Gasteiger partial charge in [-0.25, -0.2) is 9.48 Å². The molecule has 3 aromatic rings. The van der Waals surface area contributed by atoms with E-state index >= 15 is 0 Å². The number of benzene rings is 2. The highest BCUT2D eigenvalue weighted by Gasteiger charge is 2.20. The average molecular weight is 422 g/mol. The largest absolute Gasteiger partial charge is 0.444 e. The van der Waals surface area contributed by atoms with E-state index in [1.807, 2.05) is 69.3 Å². The molecule has 0 aliphatic heterocycles. The third-order valence-corrected chi connectivity index (χ3v) is 4.27. The summed E-state index contributed by atoms with van der Waals surface area (Å²) < 4.78 is 6.99. The number of carbonyl (C=O) groups excluding carboxylic acids is 2. The summed E-state index contributed by atoms with van der Waals surface area (Å²) in [5.74, 6) is -0.350. The number of rotatable bonds is 6. The maximum absolute atomic E-state index is 12.6. The molecule has 0 aliphatic rings. The molecule has 31 heavy (non-hydrogen) atoms. The molecule has 162 valence electrons. The number of aromatic nitrogens is 3. The molecule has 8 heteroatoms. The van der Waals surface area contributed by atoms with Gasteiger partial charge in [-0.2, -0.15) is 0 Å². The third kappa shape index (κ3) is 6.67. The van der Waals surface area contributed by atoms with E-state index in [-0.39, 0.29) is 11.6 Å². The Hall–Kier alpha value is -3.68. The zero-order valence-electron chi connectivity index (χ0n) is 18.2. The minimum atomic E-state index is -0.556. The molecule has 0 saturated heterocycles. The summed E-state index contributed by atoms with van der Waals surface area (Å²) in [5, 5.41) is 10.8. The van der Waals surface area contributed by atoms with Gasteiger partial charge in [0, 0.05) is 19.3 Å². The number of hydrogen-bond acceptors (Lipinski definition) is 5. The van der Waals surface area contributed by atoms with Crippen molar-refractivity contribution >= 4 is 17.7 Å². The molecule has 0 aliphatic carbocycles. The summed E-state index contributed by atoms with van der Waals surface area (Å²) in [7, 11) is 1.67. The fraction of sp³-hybridized carbons (Fsp3) is 0.304. The van der Waals surface area contributed by atoms with E-state index < -0.39 is 11.7 Å². The first-order chi connectivity index (χ1) is 14.7. The summed E-state index contributed by atoms with van der Waals surface area (Å²) >= 11 is 0. The molecule has 0 saturated carbocycles. The first-order valence-electron chi connectivity index (χ1n) is 9.98. The Labute approximate surface area is 181 Å². The summed E-state index contributed by atoms with van der Waals surface area (Å²) in [5.41, 5.74) is 2.21. The molecule has 8 nitrogen and oxygen atoms in total. The van der Waals surface area contributed by atoms with Gasteiger partial charge in [0.05, 0.1) is 12.7 Å². The van der Waals surface area contributed by atoms with Crippen LogP contribution in [0.1, 0.15) is 42.4 Å². The van der Waals surface area contributed by atoms with Crippen LogP contribution in [0, 0.1) is 0 Å². The van der Waals surface area contributed by atoms with Gasteiger partial charge >= 0.3 is 6.09 Å². The monoisotopic (exact) mass is 421 g/mol. The third-order valence-electron chi connectivity index (χ3n) is 4.27. The second-order valence-corrected chi connectivity index (χ2v) is 8.28. The van der Waals surface area contributed by atoms with Crippen LogP contribution < -0.4 is 5.32 Å². The van der Waals surface area contributed by atoms with Crippen molar-refractivity contribution in [1.82, 2.24) is 19.9 Å². The number of amides is 2. The standard InChI is InChI=1S/C23H27N5O3/c1-23(2,3)31-22(30)27(4)14-18-11-8-12-19(13-18)24-21(29)20-16-28(26-25-20)15-17-9-6-5-7-10-17/h5-13,16H,14-15H2,1-4H3,(H,24,29). The van der Waals surface area contributed by atoms with Crippen molar-refractivity contribution in [2.24, 2.45) is 0 Å². The number of anilines is 1. The number of carbonyl (C=O) groups is 2. The van der Waals surface area contributed by atoms with E-state index in [9.17, 15) is 9.59 Å². The van der Waals surface area contributed by atoms with Crippen LogP contribution in [0.15, 0.2) is 60.8 Å². The lowest BCUT2D eigenvalue weighted by atomic mass is 10.2. The van der Waals surface area contributed by atoms with Crippen LogP contribution in [0.5, 0.6) is 0 Å². The molecule has 0 bridgehead atoms. The van der Waals surface area contributed by atoms with Crippen molar-refractivity contribution in [1.29, 1.82) is 0 Å². The van der Waals surface area contributed by atoms with E-state index in [1.54, 1.807) is 24.0 Å². The summed E-state index contributed by atoms with van der Waals surface area (Å²) in [6, 6.07) is 17.1. The van der Waals surface area contributed by atoms with E-state index in [0.717, 1.165) is 11.1 Å². The van der Waals surface area contributed by atoms with Crippen LogP contribution in [0.3, 0.4) is 0 Å². The predicted molar refractivity (Wildman–Crippen MR) is 118 cm³/mol. The van der Waals surface area contributed by atoms with Gasteiger partial charge in [-0.3, -0.25) is 4.79 Å². The summed E-state index contributed by atoms with van der Waals surface area (Å²) in [4.78, 5) is 26.2. The molecule has 0 spiro atoms. The van der Waals surface area contributed by atoms with Gasteiger partial charge in [0.2, 0.25) is 0 Å². The minimum absolute atomic E-state index is 0.229. The van der Waals surface area contributed by atoms with Crippen molar-refractivity contribution < 1.29 is 14.3 Å². The predicted octanol–water partition coefficient (Wildman–Crippen LogP) is 3.95. The van der Waals surface area contributed by atoms with Crippen molar-refractivity contribution in [2.75, 3.05) is 12.4 Å². The number of nitrogens with one attached hydrogen (secondary N) is 1. The van der Waals surface area contributed by atoms with Crippen molar-refractivity contribution in [3.05, 3.63) is 77.6 Å². The smallest absolute Gasteiger partial charge is 0.410 e. The molecular weight excluding hydrogens is 394 g/mol. The van der Waals surface area contributed by atoms with Crippen LogP contribution in [0.25, 0.3) is 0 Å². The Balaban J connectivity index is 1.60. The first kappa shape index (κ1) is 22.0. The highest BCUT2D eigenvalue weighted by atomic mass is 16.6. The van der Waals surface area contributed by atoms with E-state index in [4.69, 9.17) is 4.74 Å². The van der Waals surface area contributed by atoms with Crippen molar-refractivity contribution in [3.63, 3.8) is 0 Å². The number of hydrogen-bond donors (Lipinski definition) is 1. The second kappa shape index (κ2) is 9.42. The van der Waals surface area contributed by atoms with Gasteiger partial charge in [-0.1, -0.05) is 47.7 Å². The Morgan fingerprint density at radius 3 is 2.48 bits per heavy atom. The van der Waals surface area contributed by atoms with Crippen LogP contribution in [-0.4, -0.2) is 44.5 Å². The molecular formula is C23H27N5O3. The summed E-state index contributed by atoms with van der Waals surface area (Å²) in [6.07, 6.45) is 1.21. The van der Waals surface area contributed by atoms with Gasteiger partial charge in [0.15, 0.2) is 5.69 Å². The molecule has 0 atom stereocenters. The lowest BCUT2D eigenvalue weighted by Crippen LogP contribution is -2.33. The van der Waals surface area contributed by atoms with Crippen LogP contribution in [0.2, 0.25) is 0 Å². The molecule has 3 rings (SSSR count). The zero-order valence-corrected chi connectivity index (χ0v) is 18.2. The Morgan fingerprint density at radius 1 is 1.06 bits per heavy atom. The molecule has 2 aromatic carbocycles. The molecule has 0 fully saturated rings. The van der Waals surface area contributed by atoms with Crippen LogP contribution in [-0.2, 0) is 17.8 Å². The Morgan fingerprint density at radius 2 is 1.77 bits per heavy atom. The highest BCUT2D eigenvalue weighted by Crippen LogP contribution is 2.15. The first-order valence-corrected chi connectivity index (χ1v) is 9.98. The summed E-state index contributed by atoms with van der Waals surface area (Å²) in [6.45, 7) is 6.36. The van der Waals surface area contributed by atoms with Crippen molar-refractivity contribution in [3.8, 4) is 0 Å². The Kier molecular flexibility index (Phi) is 6.69. The molecule has 1 aromatic heterocycles. The minimum Gasteiger partial charge on any atom is -0.444 e. The van der Waals surface area contributed by atoms with Crippen LogP contribution in [0.4, 0.5) is 10.5 Å². The van der Waals surface area contributed by atoms with Crippen molar-refractivity contribution in [2.45, 2.75) is 39.5 Å². The second-order valence-electron chi connectivity index (χ2n) is 8.28. The molecule has 1 N–H and O–H groups in total. The topological polar surface area (TPSA) is 89.4 Å². The maximum atomic E-state index is 12.6. The zero-order chi connectivity index (χ0) is 22.4. The number of ether oxygens (including phenoxy) is 1. The molecule has 0 radical (unpaired) electrons. The number of nitrogens with zero attached hydrogens (tertiary/aromatic N) is 4. The van der Waals surface area contributed by atoms with Gasteiger partial charge in [0.1, 0.15) is 5.60 Å². The Bertz CT molecular complexity index is 1040. The normalized spacial score (nSPS) is 11.1. The molecule has 2 amide bonds. The van der Waals surface area contributed by atoms with E-state index in [2.05, 4.69) is 15.6 Å². The fourth-order valence-electron chi connectivity index (χ4n) is 2.87. The fourth-order valence-corrected chi connectivity index (χ4v) is 2.87. The van der Waals surface area contributed by atoms with Gasteiger partial charge in [-0.15, -0.1) is 5.10 Å². The van der Waals surface area contributed by atoms with E-state index in [1.165, 1.54) is 4.90 Å². The maximum Gasteiger partial charge on any atom is 0.410 e. The lowest BCUT2D eigenvalue weighted by molar-refractivity contribution is 0.0285. The van der Waals surface area contributed by atoms with Gasteiger partial charge in [0.25, 0.3) is 5.91 Å². The van der Waals surface area contributed by atoms with E-state index in [0.29, 0.717) is 18.8 Å². The van der Waals surface area contributed by atoms with Crippen LogP contribution >= 0.6 is 0 Å². The van der Waals surface area contributed by atoms with Gasteiger partial charge < -0.3 is 15.0 Å². The highest BCUT2D eigenvalue weighted by molar-refractivity contribution is 6.02. The lowest BCUT2D eigenvalue weighted by Gasteiger charge is -2.24. The SMILES string of the molecule is CN(Cc1cccc(NC(=O)c2cn(Cc3ccccc3)nn2)c1)C(=O)OC(C)(C)C. The quantitative estimate of drug-likeness (QED) is 0.651. The van der Waals surface area contributed by atoms with Gasteiger partial charge in [-0.05, 0) is 44.0 Å².